The molecule has 0 bridgehead atoms. The van der Waals surface area contributed by atoms with Crippen LogP contribution >= 0.6 is 22.7 Å². The minimum atomic E-state index is -0.0830. The molecule has 0 atom stereocenters. The summed E-state index contributed by atoms with van der Waals surface area (Å²) in [6, 6.07) is 1.95. The Balaban J connectivity index is 1.68. The number of thiazole rings is 1. The number of ether oxygens (including phenoxy) is 1. The van der Waals surface area contributed by atoms with Gasteiger partial charge in [-0.05, 0) is 23.9 Å². The average molecular weight is 309 g/mol. The Morgan fingerprint density at radius 2 is 2.25 bits per heavy atom. The van der Waals surface area contributed by atoms with E-state index in [1.54, 1.807) is 0 Å². The minimum Gasteiger partial charge on any atom is -0.378 e. The number of amides is 1. The van der Waals surface area contributed by atoms with Gasteiger partial charge in [-0.1, -0.05) is 11.3 Å². The van der Waals surface area contributed by atoms with Crippen molar-refractivity contribution in [1.29, 1.82) is 0 Å². The molecule has 3 rings (SSSR count). The van der Waals surface area contributed by atoms with Gasteiger partial charge in [-0.25, -0.2) is 4.98 Å². The van der Waals surface area contributed by atoms with Gasteiger partial charge < -0.3 is 9.64 Å². The Bertz CT molecular complexity index is 602. The number of carbonyl (C=O) groups is 1. The summed E-state index contributed by atoms with van der Waals surface area (Å²) >= 11 is 2.95. The van der Waals surface area contributed by atoms with Gasteiger partial charge in [-0.15, -0.1) is 11.3 Å². The number of aromatic nitrogens is 1. The molecular formula is C13H15N3O2S2. The van der Waals surface area contributed by atoms with Crippen molar-refractivity contribution in [2.45, 2.75) is 6.92 Å². The third-order valence-electron chi connectivity index (χ3n) is 3.11. The molecule has 1 amide bonds. The van der Waals surface area contributed by atoms with Crippen LogP contribution in [0.1, 0.15) is 15.2 Å². The van der Waals surface area contributed by atoms with Crippen molar-refractivity contribution in [2.24, 2.45) is 0 Å². The molecule has 0 saturated carbocycles. The lowest BCUT2D eigenvalue weighted by atomic mass is 10.3. The smallest absolute Gasteiger partial charge is 0.267 e. The van der Waals surface area contributed by atoms with E-state index in [4.69, 9.17) is 4.74 Å². The maximum atomic E-state index is 12.1. The molecule has 20 heavy (non-hydrogen) atoms. The van der Waals surface area contributed by atoms with Crippen LogP contribution in [0.2, 0.25) is 0 Å². The molecule has 0 radical (unpaired) electrons. The first-order chi connectivity index (χ1) is 9.74. The molecule has 0 spiro atoms. The van der Waals surface area contributed by atoms with Crippen LogP contribution in [0.3, 0.4) is 0 Å². The highest BCUT2D eigenvalue weighted by Gasteiger charge is 2.16. The van der Waals surface area contributed by atoms with Crippen LogP contribution in [0.4, 0.5) is 10.1 Å². The molecule has 1 saturated heterocycles. The quantitative estimate of drug-likeness (QED) is 0.947. The first-order valence-electron chi connectivity index (χ1n) is 6.38. The van der Waals surface area contributed by atoms with Crippen LogP contribution in [0.25, 0.3) is 0 Å². The highest BCUT2D eigenvalue weighted by atomic mass is 32.1. The van der Waals surface area contributed by atoms with E-state index in [2.05, 4.69) is 15.2 Å². The van der Waals surface area contributed by atoms with Gasteiger partial charge in [0, 0.05) is 13.1 Å². The van der Waals surface area contributed by atoms with Crippen molar-refractivity contribution < 1.29 is 9.53 Å². The Hall–Kier alpha value is -1.44. The lowest BCUT2D eigenvalue weighted by Gasteiger charge is -2.26. The number of nitrogens with zero attached hydrogens (tertiary/aromatic N) is 2. The zero-order chi connectivity index (χ0) is 13.9. The summed E-state index contributed by atoms with van der Waals surface area (Å²) in [6.45, 7) is 5.17. The van der Waals surface area contributed by atoms with Crippen LogP contribution in [0, 0.1) is 6.92 Å². The molecule has 2 aromatic rings. The van der Waals surface area contributed by atoms with Gasteiger partial charge in [0.05, 0.1) is 24.3 Å². The maximum Gasteiger partial charge on any atom is 0.267 e. The number of hydrogen-bond donors (Lipinski definition) is 1. The van der Waals surface area contributed by atoms with E-state index < -0.39 is 0 Å². The molecule has 1 N–H and O–H groups in total. The van der Waals surface area contributed by atoms with Crippen molar-refractivity contribution in [2.75, 3.05) is 36.5 Å². The third kappa shape index (κ3) is 2.84. The second kappa shape index (κ2) is 5.90. The van der Waals surface area contributed by atoms with Crippen LogP contribution < -0.4 is 10.2 Å². The number of morpholine rings is 1. The first kappa shape index (κ1) is 13.5. The Labute approximate surface area is 125 Å². The van der Waals surface area contributed by atoms with Gasteiger partial charge in [0.15, 0.2) is 5.13 Å². The summed E-state index contributed by atoms with van der Waals surface area (Å²) in [5.41, 5.74) is 0.998. The monoisotopic (exact) mass is 309 g/mol. The number of carbonyl (C=O) groups excluding carboxylic acids is 1. The minimum absolute atomic E-state index is 0.0830. The molecule has 1 fully saturated rings. The van der Waals surface area contributed by atoms with Gasteiger partial charge in [0.2, 0.25) is 0 Å². The van der Waals surface area contributed by atoms with Crippen molar-refractivity contribution in [3.63, 3.8) is 0 Å². The molecule has 0 unspecified atom stereocenters. The fourth-order valence-corrected chi connectivity index (χ4v) is 3.70. The van der Waals surface area contributed by atoms with Crippen LogP contribution in [-0.4, -0.2) is 37.2 Å². The number of aryl methyl sites for hydroxylation is 1. The van der Waals surface area contributed by atoms with E-state index in [9.17, 15) is 4.79 Å². The van der Waals surface area contributed by atoms with Crippen LogP contribution in [0.15, 0.2) is 17.6 Å². The zero-order valence-electron chi connectivity index (χ0n) is 11.1. The topological polar surface area (TPSA) is 54.5 Å². The predicted molar refractivity (Wildman–Crippen MR) is 82.2 cm³/mol. The number of nitrogens with one attached hydrogen (secondary N) is 1. The van der Waals surface area contributed by atoms with E-state index in [1.807, 2.05) is 24.6 Å². The molecule has 1 aliphatic heterocycles. The maximum absolute atomic E-state index is 12.1. The zero-order valence-corrected chi connectivity index (χ0v) is 12.7. The lowest BCUT2D eigenvalue weighted by molar-refractivity contribution is 0.103. The Morgan fingerprint density at radius 3 is 2.95 bits per heavy atom. The van der Waals surface area contributed by atoms with Crippen molar-refractivity contribution in [1.82, 2.24) is 4.98 Å². The number of rotatable bonds is 3. The van der Waals surface area contributed by atoms with E-state index >= 15 is 0 Å². The van der Waals surface area contributed by atoms with Crippen molar-refractivity contribution in [3.05, 3.63) is 28.1 Å². The van der Waals surface area contributed by atoms with Gasteiger partial charge in [-0.3, -0.25) is 10.1 Å². The van der Waals surface area contributed by atoms with E-state index in [0.29, 0.717) is 5.13 Å². The fourth-order valence-electron chi connectivity index (χ4n) is 2.01. The largest absolute Gasteiger partial charge is 0.378 e. The molecule has 1 aliphatic rings. The van der Waals surface area contributed by atoms with E-state index in [1.165, 1.54) is 22.7 Å². The second-order valence-electron chi connectivity index (χ2n) is 4.49. The highest BCUT2D eigenvalue weighted by Crippen LogP contribution is 2.28. The summed E-state index contributed by atoms with van der Waals surface area (Å²) < 4.78 is 5.33. The highest BCUT2D eigenvalue weighted by molar-refractivity contribution is 7.19. The molecular weight excluding hydrogens is 294 g/mol. The van der Waals surface area contributed by atoms with Gasteiger partial charge in [0.25, 0.3) is 5.91 Å². The first-order valence-corrected chi connectivity index (χ1v) is 8.07. The molecule has 0 aromatic carbocycles. The fraction of sp³-hybridized carbons (Fsp3) is 0.385. The molecule has 3 heterocycles. The summed E-state index contributed by atoms with van der Waals surface area (Å²) in [5, 5.41) is 6.51. The third-order valence-corrected chi connectivity index (χ3v) is 5.09. The normalized spacial score (nSPS) is 15.3. The van der Waals surface area contributed by atoms with Crippen molar-refractivity contribution in [3.8, 4) is 0 Å². The molecule has 5 nitrogen and oxygen atoms in total. The van der Waals surface area contributed by atoms with E-state index in [-0.39, 0.29) is 5.91 Å². The Morgan fingerprint density at radius 1 is 1.45 bits per heavy atom. The van der Waals surface area contributed by atoms with Crippen LogP contribution in [-0.2, 0) is 4.74 Å². The summed E-state index contributed by atoms with van der Waals surface area (Å²) in [6.07, 6.45) is 1.81. The summed E-state index contributed by atoms with van der Waals surface area (Å²) in [5.74, 6) is -0.0830. The van der Waals surface area contributed by atoms with Crippen molar-refractivity contribution >= 4 is 38.7 Å². The van der Waals surface area contributed by atoms with Crippen LogP contribution in [0.5, 0.6) is 0 Å². The predicted octanol–water partition coefficient (Wildman–Crippen LogP) is 2.60. The van der Waals surface area contributed by atoms with Gasteiger partial charge in [-0.2, -0.15) is 0 Å². The van der Waals surface area contributed by atoms with E-state index in [0.717, 1.165) is 41.7 Å². The summed E-state index contributed by atoms with van der Waals surface area (Å²) in [4.78, 5) is 19.4. The Kier molecular flexibility index (Phi) is 4.00. The van der Waals surface area contributed by atoms with Gasteiger partial charge in [0.1, 0.15) is 5.00 Å². The lowest BCUT2D eigenvalue weighted by Crippen LogP contribution is -2.35. The number of anilines is 2. The SMILES string of the molecule is Cc1ccsc1C(=O)Nc1ncc(N2CCOCC2)s1. The molecule has 0 aliphatic carbocycles. The molecule has 2 aromatic heterocycles. The number of hydrogen-bond acceptors (Lipinski definition) is 6. The summed E-state index contributed by atoms with van der Waals surface area (Å²) in [7, 11) is 0. The average Bonchev–Trinajstić information content (AvgIpc) is 3.09. The molecule has 7 heteroatoms. The standard InChI is InChI=1S/C13H15N3O2S2/c1-9-2-7-19-11(9)12(17)15-13-14-8-10(20-13)16-3-5-18-6-4-16/h2,7-8H,3-6H2,1H3,(H,14,15,17). The second-order valence-corrected chi connectivity index (χ2v) is 6.42. The number of thiophene rings is 1. The molecule has 106 valence electrons. The van der Waals surface area contributed by atoms with Gasteiger partial charge >= 0.3 is 0 Å².